The summed E-state index contributed by atoms with van der Waals surface area (Å²) in [7, 11) is 0. The number of hydrogen-bond acceptors (Lipinski definition) is 3. The lowest BCUT2D eigenvalue weighted by Gasteiger charge is -2.28. The average molecular weight is 321 g/mol. The zero-order valence-electron chi connectivity index (χ0n) is 13.0. The standard InChI is InChI=1S/C17H18F3N3/c1-2-3-16-21-8-12-10-23(5-4-15(12)22-16)9-11-6-13(18)17(20)14(19)7-11/h6-8H,2-5,9-10H2,1H3. The Bertz CT molecular complexity index is 695. The van der Waals surface area contributed by atoms with Crippen molar-refractivity contribution in [3.05, 3.63) is 58.4 Å². The quantitative estimate of drug-likeness (QED) is 0.808. The molecule has 0 aliphatic carbocycles. The van der Waals surface area contributed by atoms with E-state index >= 15 is 0 Å². The Morgan fingerprint density at radius 3 is 2.61 bits per heavy atom. The summed E-state index contributed by atoms with van der Waals surface area (Å²) in [5.41, 5.74) is 2.52. The molecule has 0 saturated heterocycles. The van der Waals surface area contributed by atoms with Gasteiger partial charge in [0.1, 0.15) is 5.82 Å². The van der Waals surface area contributed by atoms with Crippen molar-refractivity contribution >= 4 is 0 Å². The van der Waals surface area contributed by atoms with Crippen molar-refractivity contribution in [2.45, 2.75) is 39.3 Å². The Hall–Kier alpha value is -1.95. The second-order valence-electron chi connectivity index (χ2n) is 5.84. The highest BCUT2D eigenvalue weighted by Crippen LogP contribution is 2.20. The molecule has 0 saturated carbocycles. The van der Waals surface area contributed by atoms with Crippen LogP contribution in [0.1, 0.15) is 36.0 Å². The molecule has 0 spiro atoms. The summed E-state index contributed by atoms with van der Waals surface area (Å²) in [5.74, 6) is -2.85. The van der Waals surface area contributed by atoms with E-state index in [0.29, 0.717) is 18.7 Å². The minimum absolute atomic E-state index is 0.365. The summed E-state index contributed by atoms with van der Waals surface area (Å²) < 4.78 is 39.6. The summed E-state index contributed by atoms with van der Waals surface area (Å²) >= 11 is 0. The van der Waals surface area contributed by atoms with Crippen molar-refractivity contribution in [1.29, 1.82) is 0 Å². The van der Waals surface area contributed by atoms with Gasteiger partial charge in [-0.15, -0.1) is 0 Å². The number of hydrogen-bond donors (Lipinski definition) is 0. The molecule has 0 N–H and O–H groups in total. The van der Waals surface area contributed by atoms with Gasteiger partial charge in [-0.25, -0.2) is 23.1 Å². The molecule has 1 aliphatic rings. The van der Waals surface area contributed by atoms with Crippen LogP contribution in [0.15, 0.2) is 18.3 Å². The van der Waals surface area contributed by atoms with Crippen LogP contribution in [-0.4, -0.2) is 21.4 Å². The molecule has 3 rings (SSSR count). The summed E-state index contributed by atoms with van der Waals surface area (Å²) in [6.45, 7) is 3.83. The molecule has 3 nitrogen and oxygen atoms in total. The van der Waals surface area contributed by atoms with E-state index in [-0.39, 0.29) is 0 Å². The van der Waals surface area contributed by atoms with Crippen molar-refractivity contribution < 1.29 is 13.2 Å². The molecule has 1 aliphatic heterocycles. The number of benzene rings is 1. The molecule has 122 valence electrons. The molecule has 0 unspecified atom stereocenters. The van der Waals surface area contributed by atoms with Crippen LogP contribution >= 0.6 is 0 Å². The van der Waals surface area contributed by atoms with Crippen LogP contribution in [0.5, 0.6) is 0 Å². The first kappa shape index (κ1) is 15.9. The van der Waals surface area contributed by atoms with Gasteiger partial charge in [0.2, 0.25) is 0 Å². The van der Waals surface area contributed by atoms with Crippen molar-refractivity contribution in [3.63, 3.8) is 0 Å². The van der Waals surface area contributed by atoms with Gasteiger partial charge in [-0.1, -0.05) is 6.92 Å². The third-order valence-corrected chi connectivity index (χ3v) is 3.99. The van der Waals surface area contributed by atoms with E-state index in [0.717, 1.165) is 55.0 Å². The summed E-state index contributed by atoms with van der Waals surface area (Å²) in [6, 6.07) is 2.10. The molecule has 1 aromatic carbocycles. The summed E-state index contributed by atoms with van der Waals surface area (Å²) in [5, 5.41) is 0. The van der Waals surface area contributed by atoms with Crippen LogP contribution in [0.2, 0.25) is 0 Å². The van der Waals surface area contributed by atoms with Crippen LogP contribution in [0.3, 0.4) is 0 Å². The molecular formula is C17H18F3N3. The SMILES string of the molecule is CCCc1ncc2c(n1)CCN(Cc1cc(F)c(F)c(F)c1)C2. The number of halogens is 3. The monoisotopic (exact) mass is 321 g/mol. The normalized spacial score (nSPS) is 14.8. The predicted molar refractivity (Wildman–Crippen MR) is 80.2 cm³/mol. The Morgan fingerprint density at radius 2 is 1.91 bits per heavy atom. The highest BCUT2D eigenvalue weighted by atomic mass is 19.2. The molecule has 0 amide bonds. The maximum absolute atomic E-state index is 13.3. The van der Waals surface area contributed by atoms with Crippen molar-refractivity contribution in [2.24, 2.45) is 0 Å². The average Bonchev–Trinajstić information content (AvgIpc) is 2.53. The lowest BCUT2D eigenvalue weighted by atomic mass is 10.1. The van der Waals surface area contributed by atoms with Gasteiger partial charge in [0.05, 0.1) is 0 Å². The van der Waals surface area contributed by atoms with E-state index in [2.05, 4.69) is 21.8 Å². The molecular weight excluding hydrogens is 303 g/mol. The largest absolute Gasteiger partial charge is 0.294 e. The lowest BCUT2D eigenvalue weighted by molar-refractivity contribution is 0.241. The van der Waals surface area contributed by atoms with Crippen molar-refractivity contribution in [1.82, 2.24) is 14.9 Å². The Morgan fingerprint density at radius 1 is 1.17 bits per heavy atom. The first-order chi connectivity index (χ1) is 11.1. The number of aryl methyl sites for hydroxylation is 1. The molecule has 2 heterocycles. The van der Waals surface area contributed by atoms with E-state index in [1.165, 1.54) is 0 Å². The summed E-state index contributed by atoms with van der Waals surface area (Å²) in [4.78, 5) is 11.0. The van der Waals surface area contributed by atoms with Gasteiger partial charge in [0, 0.05) is 49.9 Å². The topological polar surface area (TPSA) is 29.0 Å². The maximum Gasteiger partial charge on any atom is 0.194 e. The second kappa shape index (κ2) is 6.66. The van der Waals surface area contributed by atoms with E-state index in [1.54, 1.807) is 0 Å². The minimum atomic E-state index is -1.42. The number of fused-ring (bicyclic) bond motifs is 1. The molecule has 0 atom stereocenters. The van der Waals surface area contributed by atoms with E-state index in [4.69, 9.17) is 0 Å². The van der Waals surface area contributed by atoms with Gasteiger partial charge in [-0.3, -0.25) is 4.90 Å². The highest BCUT2D eigenvalue weighted by molar-refractivity contribution is 5.23. The molecule has 6 heteroatoms. The Kier molecular flexibility index (Phi) is 4.61. The Labute approximate surface area is 133 Å². The first-order valence-corrected chi connectivity index (χ1v) is 7.76. The molecule has 0 bridgehead atoms. The first-order valence-electron chi connectivity index (χ1n) is 7.76. The van der Waals surface area contributed by atoms with Gasteiger partial charge < -0.3 is 0 Å². The second-order valence-corrected chi connectivity index (χ2v) is 5.84. The van der Waals surface area contributed by atoms with Crippen molar-refractivity contribution in [2.75, 3.05) is 6.54 Å². The van der Waals surface area contributed by atoms with Gasteiger partial charge >= 0.3 is 0 Å². The van der Waals surface area contributed by atoms with Crippen LogP contribution in [0.25, 0.3) is 0 Å². The minimum Gasteiger partial charge on any atom is -0.294 e. The van der Waals surface area contributed by atoms with E-state index < -0.39 is 17.5 Å². The van der Waals surface area contributed by atoms with Gasteiger partial charge in [-0.05, 0) is 24.1 Å². The molecule has 23 heavy (non-hydrogen) atoms. The van der Waals surface area contributed by atoms with E-state index in [1.807, 2.05) is 6.20 Å². The lowest BCUT2D eigenvalue weighted by Crippen LogP contribution is -2.31. The fraction of sp³-hybridized carbons (Fsp3) is 0.412. The number of aromatic nitrogens is 2. The van der Waals surface area contributed by atoms with Crippen LogP contribution in [0, 0.1) is 17.5 Å². The van der Waals surface area contributed by atoms with Crippen LogP contribution < -0.4 is 0 Å². The van der Waals surface area contributed by atoms with Gasteiger partial charge in [-0.2, -0.15) is 0 Å². The van der Waals surface area contributed by atoms with Crippen molar-refractivity contribution in [3.8, 4) is 0 Å². The van der Waals surface area contributed by atoms with Crippen LogP contribution in [-0.2, 0) is 25.9 Å². The molecule has 2 aromatic rings. The smallest absolute Gasteiger partial charge is 0.194 e. The molecule has 1 aromatic heterocycles. The predicted octanol–water partition coefficient (Wildman–Crippen LogP) is 3.40. The third kappa shape index (κ3) is 3.52. The fourth-order valence-corrected chi connectivity index (χ4v) is 2.85. The maximum atomic E-state index is 13.3. The van der Waals surface area contributed by atoms with Crippen LogP contribution in [0.4, 0.5) is 13.2 Å². The fourth-order valence-electron chi connectivity index (χ4n) is 2.85. The van der Waals surface area contributed by atoms with Gasteiger partial charge in [0.25, 0.3) is 0 Å². The zero-order chi connectivity index (χ0) is 16.4. The highest BCUT2D eigenvalue weighted by Gasteiger charge is 2.19. The number of nitrogens with zero attached hydrogens (tertiary/aromatic N) is 3. The third-order valence-electron chi connectivity index (χ3n) is 3.99. The van der Waals surface area contributed by atoms with E-state index in [9.17, 15) is 13.2 Å². The zero-order valence-corrected chi connectivity index (χ0v) is 13.0. The Balaban J connectivity index is 1.72. The molecule has 0 radical (unpaired) electrons. The number of rotatable bonds is 4. The summed E-state index contributed by atoms with van der Waals surface area (Å²) in [6.07, 6.45) is 4.49. The van der Waals surface area contributed by atoms with Gasteiger partial charge in [0.15, 0.2) is 17.5 Å². The molecule has 0 fully saturated rings.